The Balaban J connectivity index is 2.14. The number of hydrogen-bond acceptors (Lipinski definition) is 6. The Morgan fingerprint density at radius 2 is 1.70 bits per heavy atom. The molecule has 0 bridgehead atoms. The highest BCUT2D eigenvalue weighted by molar-refractivity contribution is 5.87. The zero-order valence-electron chi connectivity index (χ0n) is 15.0. The number of amides is 1. The van der Waals surface area contributed by atoms with Crippen LogP contribution in [0.2, 0.25) is 0 Å². The second-order valence-electron chi connectivity index (χ2n) is 5.74. The fourth-order valence-electron chi connectivity index (χ4n) is 2.59. The van der Waals surface area contributed by atoms with E-state index >= 15 is 0 Å². The standard InChI is InChI=1S/C19H20N2O6/c1-26-17(14-6-4-3-5-7-14)18(22)20-16(19(23)27-2)12-13-8-10-15(11-9-13)21(24)25/h3-11,16-17H,12H2,1-2H3,(H,20,22)/t16-,17-/m0/s1. The van der Waals surface area contributed by atoms with Crippen LogP contribution < -0.4 is 5.32 Å². The summed E-state index contributed by atoms with van der Waals surface area (Å²) in [6.07, 6.45) is -0.753. The van der Waals surface area contributed by atoms with Crippen molar-refractivity contribution in [1.29, 1.82) is 0 Å². The number of nitrogens with one attached hydrogen (secondary N) is 1. The van der Waals surface area contributed by atoms with Crippen LogP contribution in [0.25, 0.3) is 0 Å². The van der Waals surface area contributed by atoms with Crippen LogP contribution in [0.5, 0.6) is 0 Å². The van der Waals surface area contributed by atoms with Crippen molar-refractivity contribution in [3.8, 4) is 0 Å². The number of rotatable bonds is 8. The third-order valence-corrected chi connectivity index (χ3v) is 3.97. The van der Waals surface area contributed by atoms with Gasteiger partial charge < -0.3 is 14.8 Å². The van der Waals surface area contributed by atoms with Gasteiger partial charge in [0.05, 0.1) is 12.0 Å². The van der Waals surface area contributed by atoms with Gasteiger partial charge in [-0.2, -0.15) is 0 Å². The number of carbonyl (C=O) groups is 2. The fourth-order valence-corrected chi connectivity index (χ4v) is 2.59. The molecule has 8 heteroatoms. The summed E-state index contributed by atoms with van der Waals surface area (Å²) in [4.78, 5) is 34.9. The summed E-state index contributed by atoms with van der Waals surface area (Å²) in [7, 11) is 2.63. The van der Waals surface area contributed by atoms with Crippen molar-refractivity contribution in [2.45, 2.75) is 18.6 Å². The van der Waals surface area contributed by atoms with Gasteiger partial charge in [0.15, 0.2) is 6.10 Å². The van der Waals surface area contributed by atoms with Crippen molar-refractivity contribution in [1.82, 2.24) is 5.32 Å². The van der Waals surface area contributed by atoms with Gasteiger partial charge in [-0.15, -0.1) is 0 Å². The fraction of sp³-hybridized carbons (Fsp3) is 0.263. The Bertz CT molecular complexity index is 792. The van der Waals surface area contributed by atoms with Crippen molar-refractivity contribution in [2.75, 3.05) is 14.2 Å². The van der Waals surface area contributed by atoms with Crippen LogP contribution >= 0.6 is 0 Å². The number of ether oxygens (including phenoxy) is 2. The zero-order valence-corrected chi connectivity index (χ0v) is 15.0. The van der Waals surface area contributed by atoms with Crippen LogP contribution in [0.15, 0.2) is 54.6 Å². The molecule has 0 saturated carbocycles. The predicted octanol–water partition coefficient (Wildman–Crippen LogP) is 2.18. The van der Waals surface area contributed by atoms with Crippen molar-refractivity contribution < 1.29 is 24.0 Å². The maximum absolute atomic E-state index is 12.6. The lowest BCUT2D eigenvalue weighted by atomic mass is 10.0. The molecule has 2 atom stereocenters. The molecule has 0 heterocycles. The number of nitrogens with zero attached hydrogens (tertiary/aromatic N) is 1. The summed E-state index contributed by atoms with van der Waals surface area (Å²) in [5.74, 6) is -1.11. The van der Waals surface area contributed by atoms with Gasteiger partial charge in [-0.25, -0.2) is 4.79 Å². The summed E-state index contributed by atoms with van der Waals surface area (Å²) in [5, 5.41) is 13.4. The molecule has 0 spiro atoms. The minimum Gasteiger partial charge on any atom is -0.467 e. The van der Waals surface area contributed by atoms with E-state index in [-0.39, 0.29) is 12.1 Å². The van der Waals surface area contributed by atoms with E-state index in [0.717, 1.165) is 0 Å². The molecule has 1 N–H and O–H groups in total. The Labute approximate surface area is 156 Å². The first-order valence-electron chi connectivity index (χ1n) is 8.15. The molecular formula is C19H20N2O6. The number of non-ortho nitro benzene ring substituents is 1. The summed E-state index contributed by atoms with van der Waals surface area (Å²) in [6, 6.07) is 13.7. The monoisotopic (exact) mass is 372 g/mol. The van der Waals surface area contributed by atoms with Crippen LogP contribution in [0.3, 0.4) is 0 Å². The van der Waals surface area contributed by atoms with Gasteiger partial charge >= 0.3 is 5.97 Å². The predicted molar refractivity (Wildman–Crippen MR) is 96.9 cm³/mol. The normalized spacial score (nSPS) is 12.7. The average molecular weight is 372 g/mol. The van der Waals surface area contributed by atoms with Gasteiger partial charge in [0.1, 0.15) is 6.04 Å². The summed E-state index contributed by atoms with van der Waals surface area (Å²) in [5.41, 5.74) is 1.24. The summed E-state index contributed by atoms with van der Waals surface area (Å²) >= 11 is 0. The number of benzene rings is 2. The van der Waals surface area contributed by atoms with E-state index in [1.165, 1.54) is 38.5 Å². The second kappa shape index (κ2) is 9.44. The van der Waals surface area contributed by atoms with Crippen LogP contribution in [0.4, 0.5) is 5.69 Å². The first kappa shape index (κ1) is 20.1. The van der Waals surface area contributed by atoms with Crippen molar-refractivity contribution in [2.24, 2.45) is 0 Å². The SMILES string of the molecule is COC(=O)[C@H](Cc1ccc([N+](=O)[O-])cc1)NC(=O)[C@@H](OC)c1ccccc1. The summed E-state index contributed by atoms with van der Waals surface area (Å²) in [6.45, 7) is 0. The second-order valence-corrected chi connectivity index (χ2v) is 5.74. The number of nitro groups is 1. The van der Waals surface area contributed by atoms with E-state index in [1.807, 2.05) is 6.07 Å². The Kier molecular flexibility index (Phi) is 7.01. The topological polar surface area (TPSA) is 108 Å². The molecule has 0 saturated heterocycles. The molecule has 0 aliphatic rings. The largest absolute Gasteiger partial charge is 0.467 e. The molecule has 2 rings (SSSR count). The van der Waals surface area contributed by atoms with Crippen molar-refractivity contribution >= 4 is 17.6 Å². The maximum Gasteiger partial charge on any atom is 0.328 e. The van der Waals surface area contributed by atoms with E-state index in [9.17, 15) is 19.7 Å². The molecule has 1 amide bonds. The Morgan fingerprint density at radius 3 is 2.22 bits per heavy atom. The van der Waals surface area contributed by atoms with Gasteiger partial charge in [0.25, 0.3) is 11.6 Å². The van der Waals surface area contributed by atoms with E-state index in [2.05, 4.69) is 5.32 Å². The zero-order chi connectivity index (χ0) is 19.8. The molecule has 8 nitrogen and oxygen atoms in total. The van der Waals surface area contributed by atoms with Gasteiger partial charge in [-0.05, 0) is 11.1 Å². The third kappa shape index (κ3) is 5.35. The lowest BCUT2D eigenvalue weighted by Crippen LogP contribution is -2.45. The Hall–Kier alpha value is -3.26. The lowest BCUT2D eigenvalue weighted by molar-refractivity contribution is -0.384. The molecule has 142 valence electrons. The minimum atomic E-state index is -0.953. The van der Waals surface area contributed by atoms with Gasteiger partial charge in [0, 0.05) is 25.7 Å². The average Bonchev–Trinajstić information content (AvgIpc) is 2.68. The molecule has 0 aliphatic carbocycles. The molecule has 27 heavy (non-hydrogen) atoms. The first-order valence-corrected chi connectivity index (χ1v) is 8.15. The number of esters is 1. The van der Waals surface area contributed by atoms with Gasteiger partial charge in [-0.1, -0.05) is 42.5 Å². The quantitative estimate of drug-likeness (QED) is 0.432. The lowest BCUT2D eigenvalue weighted by Gasteiger charge is -2.21. The van der Waals surface area contributed by atoms with Crippen LogP contribution in [0.1, 0.15) is 17.2 Å². The molecule has 0 unspecified atom stereocenters. The molecule has 2 aromatic carbocycles. The molecule has 0 radical (unpaired) electrons. The van der Waals surface area contributed by atoms with E-state index < -0.39 is 28.9 Å². The maximum atomic E-state index is 12.6. The number of carbonyl (C=O) groups excluding carboxylic acids is 2. The minimum absolute atomic E-state index is 0.0547. The molecule has 0 aromatic heterocycles. The third-order valence-electron chi connectivity index (χ3n) is 3.97. The number of methoxy groups -OCH3 is 2. The van der Waals surface area contributed by atoms with E-state index in [0.29, 0.717) is 11.1 Å². The highest BCUT2D eigenvalue weighted by Crippen LogP contribution is 2.18. The first-order chi connectivity index (χ1) is 13.0. The van der Waals surface area contributed by atoms with Crippen LogP contribution in [-0.4, -0.2) is 37.1 Å². The van der Waals surface area contributed by atoms with Crippen LogP contribution in [-0.2, 0) is 25.5 Å². The highest BCUT2D eigenvalue weighted by atomic mass is 16.6. The van der Waals surface area contributed by atoms with Gasteiger partial charge in [-0.3, -0.25) is 14.9 Å². The van der Waals surface area contributed by atoms with Crippen molar-refractivity contribution in [3.05, 3.63) is 75.8 Å². The van der Waals surface area contributed by atoms with Crippen LogP contribution in [0, 0.1) is 10.1 Å². The number of hydrogen-bond donors (Lipinski definition) is 1. The number of nitro benzene ring substituents is 1. The molecule has 0 fully saturated rings. The van der Waals surface area contributed by atoms with E-state index in [4.69, 9.17) is 9.47 Å². The highest BCUT2D eigenvalue weighted by Gasteiger charge is 2.27. The van der Waals surface area contributed by atoms with E-state index in [1.54, 1.807) is 24.3 Å². The van der Waals surface area contributed by atoms with Gasteiger partial charge in [0.2, 0.25) is 0 Å². The molecule has 2 aromatic rings. The van der Waals surface area contributed by atoms with Crippen molar-refractivity contribution in [3.63, 3.8) is 0 Å². The smallest absolute Gasteiger partial charge is 0.328 e. The molecular weight excluding hydrogens is 352 g/mol. The molecule has 0 aliphatic heterocycles. The Morgan fingerprint density at radius 1 is 1.07 bits per heavy atom. The summed E-state index contributed by atoms with van der Waals surface area (Å²) < 4.78 is 10.0.